The second-order valence-corrected chi connectivity index (χ2v) is 5.87. The van der Waals surface area contributed by atoms with Crippen LogP contribution in [0.4, 0.5) is 0 Å². The molecule has 0 radical (unpaired) electrons. The fourth-order valence-electron chi connectivity index (χ4n) is 2.58. The van der Waals surface area contributed by atoms with Crippen molar-refractivity contribution in [3.8, 4) is 11.5 Å². The number of rotatable bonds is 5. The molecule has 24 heavy (non-hydrogen) atoms. The van der Waals surface area contributed by atoms with E-state index in [0.717, 1.165) is 12.0 Å². The normalized spacial score (nSPS) is 14.5. The zero-order valence-corrected chi connectivity index (χ0v) is 14.6. The summed E-state index contributed by atoms with van der Waals surface area (Å²) < 4.78 is 10.5. The summed E-state index contributed by atoms with van der Waals surface area (Å²) in [7, 11) is 3.16. The first-order valence-electron chi connectivity index (χ1n) is 8.00. The first-order valence-corrected chi connectivity index (χ1v) is 8.00. The third kappa shape index (κ3) is 3.88. The van der Waals surface area contributed by atoms with Crippen molar-refractivity contribution in [1.82, 2.24) is 10.0 Å². The number of carbonyl (C=O) groups is 2. The fourth-order valence-corrected chi connectivity index (χ4v) is 2.58. The van der Waals surface area contributed by atoms with Gasteiger partial charge in [-0.3, -0.25) is 14.6 Å². The number of amides is 2. The highest BCUT2D eigenvalue weighted by Crippen LogP contribution is 2.25. The molecule has 0 bridgehead atoms. The van der Waals surface area contributed by atoms with Crippen LogP contribution in [-0.2, 0) is 9.59 Å². The van der Waals surface area contributed by atoms with Crippen LogP contribution < -0.4 is 9.47 Å². The lowest BCUT2D eigenvalue weighted by atomic mass is 10.1. The van der Waals surface area contributed by atoms with Crippen molar-refractivity contribution in [2.75, 3.05) is 27.3 Å². The number of nitrogens with zero attached hydrogens (tertiary/aromatic N) is 2. The SMILES string of the molecule is COc1ccc(OC)c(C=CC(=O)N2CCCN2C(=O)C(C)C)c1. The molecule has 2 rings (SSSR count). The van der Waals surface area contributed by atoms with E-state index in [1.807, 2.05) is 13.8 Å². The molecule has 0 unspecified atom stereocenters. The minimum absolute atomic E-state index is 0.0341. The summed E-state index contributed by atoms with van der Waals surface area (Å²) in [4.78, 5) is 24.7. The van der Waals surface area contributed by atoms with E-state index in [1.165, 1.54) is 11.1 Å². The molecule has 1 heterocycles. The van der Waals surface area contributed by atoms with Crippen LogP contribution >= 0.6 is 0 Å². The van der Waals surface area contributed by atoms with Crippen molar-refractivity contribution in [2.45, 2.75) is 20.3 Å². The zero-order valence-electron chi connectivity index (χ0n) is 14.6. The lowest BCUT2D eigenvalue weighted by molar-refractivity contribution is -0.157. The molecule has 0 aromatic heterocycles. The Morgan fingerprint density at radius 1 is 1.12 bits per heavy atom. The third-order valence-electron chi connectivity index (χ3n) is 3.88. The van der Waals surface area contributed by atoms with Crippen LogP contribution in [0.3, 0.4) is 0 Å². The van der Waals surface area contributed by atoms with Gasteiger partial charge in [0.05, 0.1) is 14.2 Å². The summed E-state index contributed by atoms with van der Waals surface area (Å²) in [6.45, 7) is 4.80. The summed E-state index contributed by atoms with van der Waals surface area (Å²) in [6.07, 6.45) is 3.93. The molecule has 130 valence electrons. The molecular formula is C18H24N2O4. The van der Waals surface area contributed by atoms with E-state index in [-0.39, 0.29) is 17.7 Å². The number of methoxy groups -OCH3 is 2. The van der Waals surface area contributed by atoms with Gasteiger partial charge in [0.15, 0.2) is 0 Å². The summed E-state index contributed by atoms with van der Waals surface area (Å²) in [5, 5.41) is 3.05. The van der Waals surface area contributed by atoms with Gasteiger partial charge in [-0.15, -0.1) is 0 Å². The molecule has 1 aliphatic rings. The molecule has 0 spiro atoms. The Kier molecular flexibility index (Phi) is 5.84. The number of hydrogen-bond donors (Lipinski definition) is 0. The molecule has 6 heteroatoms. The van der Waals surface area contributed by atoms with Crippen LogP contribution in [-0.4, -0.2) is 49.1 Å². The van der Waals surface area contributed by atoms with Gasteiger partial charge in [0.2, 0.25) is 5.91 Å². The molecule has 2 amide bonds. The van der Waals surface area contributed by atoms with Gasteiger partial charge in [0, 0.05) is 30.6 Å². The Morgan fingerprint density at radius 2 is 1.83 bits per heavy atom. The number of hydrogen-bond acceptors (Lipinski definition) is 4. The van der Waals surface area contributed by atoms with E-state index in [9.17, 15) is 9.59 Å². The Labute approximate surface area is 142 Å². The van der Waals surface area contributed by atoms with E-state index in [2.05, 4.69) is 0 Å². The van der Waals surface area contributed by atoms with Crippen LogP contribution in [0, 0.1) is 5.92 Å². The smallest absolute Gasteiger partial charge is 0.265 e. The van der Waals surface area contributed by atoms with Crippen molar-refractivity contribution in [1.29, 1.82) is 0 Å². The summed E-state index contributed by atoms with van der Waals surface area (Å²) >= 11 is 0. The van der Waals surface area contributed by atoms with Crippen molar-refractivity contribution < 1.29 is 19.1 Å². The number of hydrazine groups is 1. The molecule has 1 aliphatic heterocycles. The van der Waals surface area contributed by atoms with Crippen LogP contribution in [0.25, 0.3) is 6.08 Å². The predicted octanol–water partition coefficient (Wildman–Crippen LogP) is 2.35. The largest absolute Gasteiger partial charge is 0.497 e. The molecule has 0 saturated carbocycles. The topological polar surface area (TPSA) is 59.1 Å². The summed E-state index contributed by atoms with van der Waals surface area (Å²) in [5.74, 6) is 0.942. The van der Waals surface area contributed by atoms with E-state index in [4.69, 9.17) is 9.47 Å². The van der Waals surface area contributed by atoms with E-state index < -0.39 is 0 Å². The van der Waals surface area contributed by atoms with E-state index >= 15 is 0 Å². The lowest BCUT2D eigenvalue weighted by Crippen LogP contribution is -2.45. The van der Waals surface area contributed by atoms with Crippen LogP contribution in [0.1, 0.15) is 25.8 Å². The van der Waals surface area contributed by atoms with Crippen molar-refractivity contribution in [3.05, 3.63) is 29.8 Å². The van der Waals surface area contributed by atoms with Crippen molar-refractivity contribution >= 4 is 17.9 Å². The molecule has 1 fully saturated rings. The predicted molar refractivity (Wildman–Crippen MR) is 91.5 cm³/mol. The molecular weight excluding hydrogens is 308 g/mol. The van der Waals surface area contributed by atoms with Crippen LogP contribution in [0.2, 0.25) is 0 Å². The van der Waals surface area contributed by atoms with E-state index in [1.54, 1.807) is 43.5 Å². The molecule has 0 aliphatic carbocycles. The average molecular weight is 332 g/mol. The first kappa shape index (κ1) is 17.8. The Morgan fingerprint density at radius 3 is 2.46 bits per heavy atom. The van der Waals surface area contributed by atoms with Crippen LogP contribution in [0.5, 0.6) is 11.5 Å². The quantitative estimate of drug-likeness (QED) is 0.777. The highest BCUT2D eigenvalue weighted by molar-refractivity contribution is 5.94. The zero-order chi connectivity index (χ0) is 17.7. The Balaban J connectivity index is 2.17. The first-order chi connectivity index (χ1) is 11.5. The highest BCUT2D eigenvalue weighted by atomic mass is 16.5. The van der Waals surface area contributed by atoms with Gasteiger partial charge < -0.3 is 9.47 Å². The Bertz CT molecular complexity index is 640. The average Bonchev–Trinajstić information content (AvgIpc) is 3.08. The van der Waals surface area contributed by atoms with Gasteiger partial charge >= 0.3 is 0 Å². The molecule has 6 nitrogen and oxygen atoms in total. The minimum atomic E-state index is -0.216. The number of benzene rings is 1. The molecule has 1 saturated heterocycles. The molecule has 1 aromatic rings. The van der Waals surface area contributed by atoms with E-state index in [0.29, 0.717) is 24.6 Å². The number of carbonyl (C=O) groups excluding carboxylic acids is 2. The highest BCUT2D eigenvalue weighted by Gasteiger charge is 2.30. The van der Waals surface area contributed by atoms with Crippen molar-refractivity contribution in [3.63, 3.8) is 0 Å². The van der Waals surface area contributed by atoms with Gasteiger partial charge in [0.1, 0.15) is 11.5 Å². The van der Waals surface area contributed by atoms with Gasteiger partial charge in [-0.2, -0.15) is 0 Å². The monoisotopic (exact) mass is 332 g/mol. The molecule has 0 N–H and O–H groups in total. The number of ether oxygens (including phenoxy) is 2. The fraction of sp³-hybridized carbons (Fsp3) is 0.444. The van der Waals surface area contributed by atoms with Crippen molar-refractivity contribution in [2.24, 2.45) is 5.92 Å². The second-order valence-electron chi connectivity index (χ2n) is 5.87. The molecule has 0 atom stereocenters. The van der Waals surface area contributed by atoms with Gasteiger partial charge in [-0.1, -0.05) is 13.8 Å². The standard InChI is InChI=1S/C18H24N2O4/c1-13(2)18(22)20-11-5-10-19(20)17(21)9-6-14-12-15(23-3)7-8-16(14)24-4/h6-9,12-13H,5,10-11H2,1-4H3. The Hall–Kier alpha value is -2.50. The second kappa shape index (κ2) is 7.86. The van der Waals surface area contributed by atoms with Gasteiger partial charge in [-0.25, -0.2) is 5.01 Å². The summed E-state index contributed by atoms with van der Waals surface area (Å²) in [6, 6.07) is 5.37. The maximum absolute atomic E-state index is 12.5. The maximum Gasteiger partial charge on any atom is 0.265 e. The third-order valence-corrected chi connectivity index (χ3v) is 3.88. The lowest BCUT2D eigenvalue weighted by Gasteiger charge is -2.28. The molecule has 1 aromatic carbocycles. The maximum atomic E-state index is 12.5. The minimum Gasteiger partial charge on any atom is -0.497 e. The van der Waals surface area contributed by atoms with Crippen LogP contribution in [0.15, 0.2) is 24.3 Å². The van der Waals surface area contributed by atoms with Gasteiger partial charge in [0.25, 0.3) is 5.91 Å². The summed E-state index contributed by atoms with van der Waals surface area (Å²) in [5.41, 5.74) is 0.742. The van der Waals surface area contributed by atoms with Gasteiger partial charge in [-0.05, 0) is 30.7 Å².